The third kappa shape index (κ3) is 5.36. The van der Waals surface area contributed by atoms with Crippen LogP contribution < -0.4 is 9.64 Å². The highest BCUT2D eigenvalue weighted by molar-refractivity contribution is 6.10. The molecule has 0 bridgehead atoms. The lowest BCUT2D eigenvalue weighted by atomic mass is 9.81. The molecule has 0 saturated heterocycles. The zero-order valence-electron chi connectivity index (χ0n) is 18.9. The number of aryl methyl sites for hydroxylation is 1. The van der Waals surface area contributed by atoms with Gasteiger partial charge in [0.15, 0.2) is 5.78 Å². The van der Waals surface area contributed by atoms with Crippen molar-refractivity contribution >= 4 is 23.7 Å². The minimum atomic E-state index is -0.536. The summed E-state index contributed by atoms with van der Waals surface area (Å²) < 4.78 is 6.01. The number of carbonyl (C=O) groups is 3. The van der Waals surface area contributed by atoms with E-state index in [0.29, 0.717) is 24.3 Å². The van der Waals surface area contributed by atoms with Gasteiger partial charge in [0.05, 0.1) is 17.4 Å². The Kier molecular flexibility index (Phi) is 7.67. The van der Waals surface area contributed by atoms with E-state index in [1.165, 1.54) is 23.5 Å². The van der Waals surface area contributed by atoms with Crippen molar-refractivity contribution in [3.05, 3.63) is 53.6 Å². The Morgan fingerprint density at radius 3 is 2.62 bits per heavy atom. The van der Waals surface area contributed by atoms with Crippen molar-refractivity contribution in [1.82, 2.24) is 0 Å². The Morgan fingerprint density at radius 2 is 1.97 bits per heavy atom. The molecule has 170 valence electrons. The van der Waals surface area contributed by atoms with Crippen LogP contribution in [-0.4, -0.2) is 35.2 Å². The maximum atomic E-state index is 13.1. The number of nitrogens with zero attached hydrogens (tertiary/aromatic N) is 1. The minimum absolute atomic E-state index is 0.0114. The van der Waals surface area contributed by atoms with Gasteiger partial charge < -0.3 is 19.5 Å². The van der Waals surface area contributed by atoms with E-state index in [-0.39, 0.29) is 35.4 Å². The Morgan fingerprint density at radius 1 is 1.25 bits per heavy atom. The first kappa shape index (κ1) is 23.5. The molecule has 0 aromatic heterocycles. The van der Waals surface area contributed by atoms with E-state index >= 15 is 0 Å². The Balaban J connectivity index is 1.73. The van der Waals surface area contributed by atoms with E-state index in [1.807, 2.05) is 25.1 Å². The number of phenols is 1. The van der Waals surface area contributed by atoms with E-state index in [1.54, 1.807) is 13.0 Å². The largest absolute Gasteiger partial charge is 0.507 e. The zero-order chi connectivity index (χ0) is 23.3. The highest BCUT2D eigenvalue weighted by Gasteiger charge is 2.39. The lowest BCUT2D eigenvalue weighted by Gasteiger charge is -2.37. The first-order valence-electron chi connectivity index (χ1n) is 11.2. The molecule has 0 fully saturated rings. The number of hydrogen-bond acceptors (Lipinski definition) is 5. The number of fused-ring (bicyclic) bond motifs is 1. The summed E-state index contributed by atoms with van der Waals surface area (Å²) in [7, 11) is 0. The van der Waals surface area contributed by atoms with Gasteiger partial charge in [0.1, 0.15) is 17.3 Å². The fraction of sp³-hybridized carbons (Fsp3) is 0.423. The van der Waals surface area contributed by atoms with Crippen molar-refractivity contribution in [1.29, 1.82) is 0 Å². The van der Waals surface area contributed by atoms with E-state index in [2.05, 4.69) is 12.1 Å². The molecule has 0 radical (unpaired) electrons. The van der Waals surface area contributed by atoms with Crippen LogP contribution in [0, 0.1) is 5.92 Å². The van der Waals surface area contributed by atoms with Crippen molar-refractivity contribution in [3.63, 3.8) is 0 Å². The number of amides is 1. The van der Waals surface area contributed by atoms with Gasteiger partial charge >= 0.3 is 0 Å². The quantitative estimate of drug-likeness (QED) is 0.544. The molecule has 1 amide bonds. The summed E-state index contributed by atoms with van der Waals surface area (Å²) in [5, 5.41) is 10.6. The molecule has 2 unspecified atom stereocenters. The number of carbonyl (C=O) groups excluding carboxylic acids is 3. The summed E-state index contributed by atoms with van der Waals surface area (Å²) in [6.07, 6.45) is 3.91. The monoisotopic (exact) mass is 437 g/mol. The third-order valence-corrected chi connectivity index (χ3v) is 6.13. The Bertz CT molecular complexity index is 972. The van der Waals surface area contributed by atoms with Gasteiger partial charge in [0, 0.05) is 30.5 Å². The molecule has 1 N–H and O–H groups in total. The molecular formula is C26H31NO5. The van der Waals surface area contributed by atoms with E-state index in [4.69, 9.17) is 4.74 Å². The van der Waals surface area contributed by atoms with Crippen LogP contribution in [0.25, 0.3) is 0 Å². The minimum Gasteiger partial charge on any atom is -0.507 e. The maximum absolute atomic E-state index is 13.1. The molecule has 1 aliphatic rings. The number of benzene rings is 2. The summed E-state index contributed by atoms with van der Waals surface area (Å²) in [5.41, 5.74) is 1.75. The van der Waals surface area contributed by atoms with Crippen LogP contribution in [0.2, 0.25) is 0 Å². The van der Waals surface area contributed by atoms with Gasteiger partial charge in [-0.15, -0.1) is 0 Å². The third-order valence-electron chi connectivity index (χ3n) is 6.13. The predicted octanol–water partition coefficient (Wildman–Crippen LogP) is 4.72. The van der Waals surface area contributed by atoms with Crippen LogP contribution in [0.3, 0.4) is 0 Å². The van der Waals surface area contributed by atoms with Crippen LogP contribution in [-0.2, 0) is 16.0 Å². The highest BCUT2D eigenvalue weighted by atomic mass is 16.5. The van der Waals surface area contributed by atoms with Crippen LogP contribution in [0.5, 0.6) is 11.5 Å². The van der Waals surface area contributed by atoms with Gasteiger partial charge in [-0.1, -0.05) is 30.3 Å². The van der Waals surface area contributed by atoms with Crippen molar-refractivity contribution in [2.45, 2.75) is 65.0 Å². The molecular weight excluding hydrogens is 406 g/mol. The second kappa shape index (κ2) is 10.4. The lowest BCUT2D eigenvalue weighted by Crippen LogP contribution is -2.46. The molecule has 6 nitrogen and oxygen atoms in total. The van der Waals surface area contributed by atoms with Gasteiger partial charge in [-0.05, 0) is 52.0 Å². The zero-order valence-corrected chi connectivity index (χ0v) is 18.9. The average Bonchev–Trinajstić information content (AvgIpc) is 2.74. The Hall–Kier alpha value is -3.15. The van der Waals surface area contributed by atoms with Crippen molar-refractivity contribution in [2.75, 3.05) is 4.90 Å². The summed E-state index contributed by atoms with van der Waals surface area (Å²) in [5.74, 6) is -0.575. The highest BCUT2D eigenvalue weighted by Crippen LogP contribution is 2.42. The van der Waals surface area contributed by atoms with Crippen LogP contribution >= 0.6 is 0 Å². The first-order valence-corrected chi connectivity index (χ1v) is 11.2. The summed E-state index contributed by atoms with van der Waals surface area (Å²) >= 11 is 0. The molecule has 3 rings (SSSR count). The van der Waals surface area contributed by atoms with Gasteiger partial charge in [-0.3, -0.25) is 9.59 Å². The summed E-state index contributed by atoms with van der Waals surface area (Å²) in [4.78, 5) is 37.8. The lowest BCUT2D eigenvalue weighted by molar-refractivity contribution is -0.117. The number of hydrogen-bond donors (Lipinski definition) is 1. The smallest absolute Gasteiger partial charge is 0.214 e. The maximum Gasteiger partial charge on any atom is 0.214 e. The Labute approximate surface area is 189 Å². The van der Waals surface area contributed by atoms with Gasteiger partial charge in [0.25, 0.3) is 0 Å². The molecule has 0 saturated carbocycles. The molecule has 3 atom stereocenters. The molecule has 0 aliphatic carbocycles. The normalized spacial score (nSPS) is 18.7. The molecule has 2 aromatic carbocycles. The predicted molar refractivity (Wildman–Crippen MR) is 123 cm³/mol. The molecule has 32 heavy (non-hydrogen) atoms. The molecule has 0 spiro atoms. The second-order valence-corrected chi connectivity index (χ2v) is 8.61. The molecule has 2 aromatic rings. The summed E-state index contributed by atoms with van der Waals surface area (Å²) in [6, 6.07) is 12.9. The topological polar surface area (TPSA) is 83.9 Å². The van der Waals surface area contributed by atoms with Crippen LogP contribution in [0.4, 0.5) is 5.69 Å². The number of anilines is 1. The fourth-order valence-electron chi connectivity index (χ4n) is 4.34. The average molecular weight is 438 g/mol. The van der Waals surface area contributed by atoms with E-state index in [0.717, 1.165) is 19.3 Å². The number of ether oxygens (including phenoxy) is 1. The second-order valence-electron chi connectivity index (χ2n) is 8.61. The van der Waals surface area contributed by atoms with Crippen molar-refractivity contribution < 1.29 is 24.2 Å². The van der Waals surface area contributed by atoms with Crippen LogP contribution in [0.15, 0.2) is 42.5 Å². The van der Waals surface area contributed by atoms with Gasteiger partial charge in [0.2, 0.25) is 6.41 Å². The van der Waals surface area contributed by atoms with Gasteiger partial charge in [-0.2, -0.15) is 0 Å². The van der Waals surface area contributed by atoms with Crippen LogP contribution in [0.1, 0.15) is 62.4 Å². The number of rotatable bonds is 10. The fourth-order valence-corrected chi connectivity index (χ4v) is 4.34. The number of aromatic hydroxyl groups is 1. The first-order chi connectivity index (χ1) is 15.3. The molecule has 6 heteroatoms. The molecule has 1 aliphatic heterocycles. The SMILES string of the molecule is CC(=O)CCC1C(=O)c2c(O)cc(OC(C)CCCc3ccccc3)cc2N(C=O)[C@@H]1C. The van der Waals surface area contributed by atoms with Crippen molar-refractivity contribution in [3.8, 4) is 11.5 Å². The van der Waals surface area contributed by atoms with E-state index in [9.17, 15) is 19.5 Å². The van der Waals surface area contributed by atoms with Crippen molar-refractivity contribution in [2.24, 2.45) is 5.92 Å². The van der Waals surface area contributed by atoms with E-state index < -0.39 is 12.0 Å². The van der Waals surface area contributed by atoms with Gasteiger partial charge in [-0.25, -0.2) is 0 Å². The number of Topliss-reactive ketones (excluding diaryl/α,β-unsaturated/α-hetero) is 2. The standard InChI is InChI=1S/C26H31NO5/c1-17(29)12-13-22-19(3)27(16-28)23-14-21(15-24(30)25(23)26(22)31)32-18(2)8-7-11-20-9-5-4-6-10-20/h4-6,9-10,14-16,18-19,22,30H,7-8,11-13H2,1-3H3/t18?,19-,22?/m1/s1. The number of ketones is 2. The molecule has 1 heterocycles. The summed E-state index contributed by atoms with van der Waals surface area (Å²) in [6.45, 7) is 5.23. The number of phenolic OH excluding ortho intramolecular Hbond substituents is 1.